The molecule has 1 aromatic heterocycles. The number of benzene rings is 1. The number of nitrogen functional groups attached to an aromatic ring is 1. The molecule has 0 saturated heterocycles. The van der Waals surface area contributed by atoms with Gasteiger partial charge in [0.25, 0.3) is 0 Å². The second-order valence-electron chi connectivity index (χ2n) is 2.76. The SMILES string of the molecule is CS(=O)n1ncc2ccc(N)cc21. The first-order valence-electron chi connectivity index (χ1n) is 3.75. The number of aromatic nitrogens is 2. The van der Waals surface area contributed by atoms with E-state index in [2.05, 4.69) is 5.10 Å². The van der Waals surface area contributed by atoms with Crippen molar-refractivity contribution in [1.82, 2.24) is 9.19 Å². The Bertz CT molecular complexity index is 477. The van der Waals surface area contributed by atoms with E-state index in [1.54, 1.807) is 24.6 Å². The van der Waals surface area contributed by atoms with Crippen LogP contribution in [-0.2, 0) is 11.0 Å². The van der Waals surface area contributed by atoms with Crippen LogP contribution < -0.4 is 5.73 Å². The van der Waals surface area contributed by atoms with Gasteiger partial charge in [0, 0.05) is 17.3 Å². The molecule has 4 nitrogen and oxygen atoms in total. The van der Waals surface area contributed by atoms with Crippen molar-refractivity contribution in [2.45, 2.75) is 0 Å². The summed E-state index contributed by atoms with van der Waals surface area (Å²) < 4.78 is 12.7. The van der Waals surface area contributed by atoms with E-state index in [0.717, 1.165) is 10.9 Å². The summed E-state index contributed by atoms with van der Waals surface area (Å²) in [7, 11) is -1.13. The number of fused-ring (bicyclic) bond motifs is 1. The number of hydrogen-bond donors (Lipinski definition) is 1. The maximum atomic E-state index is 11.2. The molecule has 0 radical (unpaired) electrons. The highest BCUT2D eigenvalue weighted by molar-refractivity contribution is 7.82. The molecule has 68 valence electrons. The van der Waals surface area contributed by atoms with Crippen LogP contribution in [0.3, 0.4) is 0 Å². The molecule has 0 fully saturated rings. The van der Waals surface area contributed by atoms with Crippen LogP contribution in [0.15, 0.2) is 24.4 Å². The Morgan fingerprint density at radius 1 is 1.54 bits per heavy atom. The fourth-order valence-electron chi connectivity index (χ4n) is 1.22. The molecule has 1 atom stereocenters. The molecule has 0 aliphatic rings. The van der Waals surface area contributed by atoms with Crippen molar-refractivity contribution < 1.29 is 4.21 Å². The summed E-state index contributed by atoms with van der Waals surface area (Å²) in [6, 6.07) is 5.43. The third kappa shape index (κ3) is 1.31. The first kappa shape index (κ1) is 8.25. The minimum Gasteiger partial charge on any atom is -0.399 e. The van der Waals surface area contributed by atoms with Crippen molar-refractivity contribution in [2.24, 2.45) is 0 Å². The lowest BCUT2D eigenvalue weighted by molar-refractivity contribution is 0.677. The second kappa shape index (κ2) is 2.85. The van der Waals surface area contributed by atoms with E-state index in [4.69, 9.17) is 5.73 Å². The standard InChI is InChI=1S/C8H9N3OS/c1-13(12)11-8-4-7(9)3-2-6(8)5-10-11/h2-5H,9H2,1H3. The van der Waals surface area contributed by atoms with Crippen LogP contribution in [0.4, 0.5) is 5.69 Å². The Balaban J connectivity index is 2.79. The van der Waals surface area contributed by atoms with Crippen molar-refractivity contribution in [3.63, 3.8) is 0 Å². The second-order valence-corrected chi connectivity index (χ2v) is 3.95. The summed E-state index contributed by atoms with van der Waals surface area (Å²) in [4.78, 5) is 0. The summed E-state index contributed by atoms with van der Waals surface area (Å²) in [5.74, 6) is 0. The number of anilines is 1. The van der Waals surface area contributed by atoms with Crippen molar-refractivity contribution >= 4 is 27.6 Å². The van der Waals surface area contributed by atoms with E-state index in [1.807, 2.05) is 6.07 Å². The van der Waals surface area contributed by atoms with Crippen LogP contribution >= 0.6 is 0 Å². The van der Waals surface area contributed by atoms with Crippen molar-refractivity contribution in [1.29, 1.82) is 0 Å². The molecule has 0 aliphatic heterocycles. The van der Waals surface area contributed by atoms with Crippen molar-refractivity contribution in [3.05, 3.63) is 24.4 Å². The fourth-order valence-corrected chi connectivity index (χ4v) is 1.83. The van der Waals surface area contributed by atoms with Crippen LogP contribution in [0.1, 0.15) is 0 Å². The molecular formula is C8H9N3OS. The van der Waals surface area contributed by atoms with Crippen LogP contribution in [0.5, 0.6) is 0 Å². The zero-order valence-electron chi connectivity index (χ0n) is 7.10. The topological polar surface area (TPSA) is 60.9 Å². The van der Waals surface area contributed by atoms with Gasteiger partial charge in [-0.25, -0.2) is 4.21 Å². The third-order valence-electron chi connectivity index (χ3n) is 1.81. The van der Waals surface area contributed by atoms with Gasteiger partial charge in [0.2, 0.25) is 0 Å². The summed E-state index contributed by atoms with van der Waals surface area (Å²) >= 11 is 0. The lowest BCUT2D eigenvalue weighted by Gasteiger charge is -1.97. The summed E-state index contributed by atoms with van der Waals surface area (Å²) in [5, 5.41) is 4.95. The Kier molecular flexibility index (Phi) is 1.81. The molecule has 2 rings (SSSR count). The monoisotopic (exact) mass is 195 g/mol. The van der Waals surface area contributed by atoms with E-state index in [-0.39, 0.29) is 0 Å². The zero-order chi connectivity index (χ0) is 9.42. The first-order valence-corrected chi connectivity index (χ1v) is 5.27. The first-order chi connectivity index (χ1) is 6.18. The lowest BCUT2D eigenvalue weighted by Crippen LogP contribution is -2.03. The average Bonchev–Trinajstić information content (AvgIpc) is 2.46. The quantitative estimate of drug-likeness (QED) is 0.683. The Morgan fingerprint density at radius 3 is 3.00 bits per heavy atom. The number of nitrogens with two attached hydrogens (primary N) is 1. The fraction of sp³-hybridized carbons (Fsp3) is 0.125. The van der Waals surface area contributed by atoms with E-state index in [1.165, 1.54) is 4.09 Å². The highest BCUT2D eigenvalue weighted by Gasteiger charge is 2.04. The normalized spacial score (nSPS) is 13.3. The van der Waals surface area contributed by atoms with Crippen molar-refractivity contribution in [3.8, 4) is 0 Å². The molecular weight excluding hydrogens is 186 g/mol. The van der Waals surface area contributed by atoms with Gasteiger partial charge in [-0.2, -0.15) is 9.19 Å². The number of rotatable bonds is 1. The van der Waals surface area contributed by atoms with E-state index >= 15 is 0 Å². The van der Waals surface area contributed by atoms with Gasteiger partial charge in [0.15, 0.2) is 0 Å². The van der Waals surface area contributed by atoms with Gasteiger partial charge in [-0.1, -0.05) is 0 Å². The zero-order valence-corrected chi connectivity index (χ0v) is 7.91. The van der Waals surface area contributed by atoms with Gasteiger partial charge >= 0.3 is 0 Å². The molecule has 1 heterocycles. The van der Waals surface area contributed by atoms with E-state index in [0.29, 0.717) is 5.69 Å². The highest BCUT2D eigenvalue weighted by Crippen LogP contribution is 2.16. The predicted octanol–water partition coefficient (Wildman–Crippen LogP) is 0.760. The van der Waals surface area contributed by atoms with Crippen molar-refractivity contribution in [2.75, 3.05) is 12.0 Å². The molecule has 0 amide bonds. The van der Waals surface area contributed by atoms with Gasteiger partial charge in [-0.15, -0.1) is 0 Å². The van der Waals surface area contributed by atoms with Gasteiger partial charge in [0.1, 0.15) is 11.0 Å². The molecule has 13 heavy (non-hydrogen) atoms. The summed E-state index contributed by atoms with van der Waals surface area (Å²) in [6.45, 7) is 0. The Hall–Kier alpha value is -1.36. The van der Waals surface area contributed by atoms with E-state index < -0.39 is 11.0 Å². The maximum Gasteiger partial charge on any atom is 0.137 e. The number of hydrogen-bond acceptors (Lipinski definition) is 3. The third-order valence-corrected chi connectivity index (χ3v) is 2.58. The number of nitrogens with zero attached hydrogens (tertiary/aromatic N) is 2. The van der Waals surface area contributed by atoms with Gasteiger partial charge in [-0.3, -0.25) is 0 Å². The molecule has 0 spiro atoms. The maximum absolute atomic E-state index is 11.2. The highest BCUT2D eigenvalue weighted by atomic mass is 32.2. The smallest absolute Gasteiger partial charge is 0.137 e. The van der Waals surface area contributed by atoms with Gasteiger partial charge < -0.3 is 5.73 Å². The minimum atomic E-state index is -1.13. The molecule has 2 N–H and O–H groups in total. The van der Waals surface area contributed by atoms with Crippen LogP contribution in [0.25, 0.3) is 10.9 Å². The largest absolute Gasteiger partial charge is 0.399 e. The Labute approximate surface area is 77.9 Å². The predicted molar refractivity (Wildman–Crippen MR) is 53.6 cm³/mol. The molecule has 0 bridgehead atoms. The Morgan fingerprint density at radius 2 is 2.31 bits per heavy atom. The molecule has 0 saturated carbocycles. The molecule has 2 aromatic rings. The molecule has 5 heteroatoms. The van der Waals surface area contributed by atoms with Gasteiger partial charge in [0.05, 0.1) is 11.7 Å². The molecule has 1 unspecified atom stereocenters. The van der Waals surface area contributed by atoms with Crippen LogP contribution in [-0.4, -0.2) is 19.7 Å². The summed E-state index contributed by atoms with van der Waals surface area (Å²) in [5.41, 5.74) is 7.07. The molecule has 1 aromatic carbocycles. The van der Waals surface area contributed by atoms with Gasteiger partial charge in [-0.05, 0) is 18.2 Å². The van der Waals surface area contributed by atoms with Crippen LogP contribution in [0, 0.1) is 0 Å². The van der Waals surface area contributed by atoms with Crippen LogP contribution in [0.2, 0.25) is 0 Å². The van der Waals surface area contributed by atoms with E-state index in [9.17, 15) is 4.21 Å². The molecule has 0 aliphatic carbocycles. The summed E-state index contributed by atoms with van der Waals surface area (Å²) in [6.07, 6.45) is 3.26. The average molecular weight is 195 g/mol. The lowest BCUT2D eigenvalue weighted by atomic mass is 10.2. The minimum absolute atomic E-state index is 0.653.